The summed E-state index contributed by atoms with van der Waals surface area (Å²) >= 11 is 0. The number of carbonyl (C=O) groups is 1. The molecule has 3 heterocycles. The van der Waals surface area contributed by atoms with Crippen molar-refractivity contribution in [1.82, 2.24) is 14.9 Å². The molecule has 31 heavy (non-hydrogen) atoms. The molecule has 2 N–H and O–H groups in total. The van der Waals surface area contributed by atoms with Crippen LogP contribution in [0.15, 0.2) is 36.7 Å². The topological polar surface area (TPSA) is 73.4 Å². The second kappa shape index (κ2) is 10.6. The highest BCUT2D eigenvalue weighted by Crippen LogP contribution is 2.20. The van der Waals surface area contributed by atoms with Gasteiger partial charge in [-0.3, -0.25) is 9.69 Å². The molecule has 0 aliphatic carbocycles. The minimum Gasteiger partial charge on any atom is -0.365 e. The van der Waals surface area contributed by atoms with Crippen LogP contribution in [0, 0.1) is 0 Å². The lowest BCUT2D eigenvalue weighted by atomic mass is 10.0. The normalized spacial score (nSPS) is 20.2. The van der Waals surface area contributed by atoms with Gasteiger partial charge in [-0.05, 0) is 49.9 Å². The molecule has 2 aliphatic rings. The minimum absolute atomic E-state index is 0.0414. The largest absolute Gasteiger partial charge is 0.365 e. The Balaban J connectivity index is 1.29. The summed E-state index contributed by atoms with van der Waals surface area (Å²) in [6.07, 6.45) is 11.3. The van der Waals surface area contributed by atoms with Crippen molar-refractivity contribution in [1.29, 1.82) is 0 Å². The summed E-state index contributed by atoms with van der Waals surface area (Å²) in [5, 5.41) is 6.41. The molecule has 166 valence electrons. The Labute approximate surface area is 185 Å². The van der Waals surface area contributed by atoms with Crippen LogP contribution in [0.25, 0.3) is 0 Å². The van der Waals surface area contributed by atoms with E-state index in [0.717, 1.165) is 56.5 Å². The molecule has 1 amide bonds. The molecule has 0 bridgehead atoms. The average Bonchev–Trinajstić information content (AvgIpc) is 3.05. The van der Waals surface area contributed by atoms with E-state index in [2.05, 4.69) is 42.5 Å². The maximum Gasteiger partial charge on any atom is 0.221 e. The van der Waals surface area contributed by atoms with E-state index in [1.165, 1.54) is 44.6 Å². The molecule has 1 aromatic heterocycles. The number of hydrogen-bond acceptors (Lipinski definition) is 6. The number of rotatable bonds is 6. The van der Waals surface area contributed by atoms with E-state index in [9.17, 15) is 4.79 Å². The third kappa shape index (κ3) is 6.40. The Hall–Kier alpha value is -2.67. The highest BCUT2D eigenvalue weighted by Gasteiger charge is 2.20. The van der Waals surface area contributed by atoms with Gasteiger partial charge in [0.15, 0.2) is 0 Å². The fraction of sp³-hybridized carbons (Fsp3) is 0.542. The van der Waals surface area contributed by atoms with Crippen molar-refractivity contribution in [2.75, 3.05) is 41.7 Å². The molecule has 0 radical (unpaired) electrons. The van der Waals surface area contributed by atoms with Gasteiger partial charge in [-0.25, -0.2) is 9.97 Å². The maximum atomic E-state index is 11.2. The summed E-state index contributed by atoms with van der Waals surface area (Å²) in [5.74, 6) is 1.82. The quantitative estimate of drug-likeness (QED) is 0.736. The number of carbonyl (C=O) groups excluding carboxylic acids is 1. The van der Waals surface area contributed by atoms with Crippen LogP contribution < -0.4 is 15.5 Å². The number of nitrogens with one attached hydrogen (secondary N) is 2. The molecule has 0 saturated carbocycles. The summed E-state index contributed by atoms with van der Waals surface area (Å²) in [7, 11) is 0. The van der Waals surface area contributed by atoms with E-state index < -0.39 is 0 Å². The number of likely N-dealkylation sites (tertiary alicyclic amines) is 1. The van der Waals surface area contributed by atoms with Crippen LogP contribution in [-0.2, 0) is 11.3 Å². The molecule has 1 unspecified atom stereocenters. The van der Waals surface area contributed by atoms with Crippen molar-refractivity contribution < 1.29 is 4.79 Å². The van der Waals surface area contributed by atoms with Gasteiger partial charge in [0.25, 0.3) is 0 Å². The number of amides is 1. The van der Waals surface area contributed by atoms with Gasteiger partial charge < -0.3 is 15.5 Å². The zero-order chi connectivity index (χ0) is 21.5. The number of hydrogen-bond donors (Lipinski definition) is 2. The molecular formula is C24H34N6O. The first-order chi connectivity index (χ1) is 15.2. The highest BCUT2D eigenvalue weighted by molar-refractivity contribution is 5.88. The van der Waals surface area contributed by atoms with Crippen LogP contribution in [0.4, 0.5) is 17.3 Å². The molecule has 2 aliphatic heterocycles. The summed E-state index contributed by atoms with van der Waals surface area (Å²) in [5.41, 5.74) is 2.10. The number of benzene rings is 1. The summed E-state index contributed by atoms with van der Waals surface area (Å²) in [4.78, 5) is 25.4. The van der Waals surface area contributed by atoms with Crippen molar-refractivity contribution >= 4 is 23.2 Å². The standard InChI is InChI=1S/C24H34N6O/c1-19(31)27-21-10-8-20(9-11-21)17-29-12-6-7-22(18-29)28-23-15-26-24(16-25-23)30-13-4-2-3-5-14-30/h8-11,15-16,22H,2-7,12-14,17-18H2,1H3,(H,25,28)(H,27,31). The second-order valence-electron chi connectivity index (χ2n) is 8.76. The molecule has 7 nitrogen and oxygen atoms in total. The van der Waals surface area contributed by atoms with Gasteiger partial charge in [-0.2, -0.15) is 0 Å². The smallest absolute Gasteiger partial charge is 0.221 e. The first kappa shape index (κ1) is 21.6. The van der Waals surface area contributed by atoms with Gasteiger partial charge in [0.2, 0.25) is 5.91 Å². The SMILES string of the molecule is CC(=O)Nc1ccc(CN2CCCC(Nc3cnc(N4CCCCCC4)cn3)C2)cc1. The van der Waals surface area contributed by atoms with E-state index in [0.29, 0.717) is 6.04 Å². The van der Waals surface area contributed by atoms with Crippen molar-refractivity contribution in [3.05, 3.63) is 42.2 Å². The van der Waals surface area contributed by atoms with Crippen LogP contribution >= 0.6 is 0 Å². The van der Waals surface area contributed by atoms with Crippen LogP contribution in [0.5, 0.6) is 0 Å². The number of piperidine rings is 1. The Bertz CT molecular complexity index is 830. The lowest BCUT2D eigenvalue weighted by molar-refractivity contribution is -0.114. The molecule has 1 atom stereocenters. The van der Waals surface area contributed by atoms with E-state index >= 15 is 0 Å². The average molecular weight is 423 g/mol. The van der Waals surface area contributed by atoms with Crippen molar-refractivity contribution in [2.24, 2.45) is 0 Å². The zero-order valence-corrected chi connectivity index (χ0v) is 18.5. The van der Waals surface area contributed by atoms with Gasteiger partial charge in [-0.15, -0.1) is 0 Å². The predicted octanol–water partition coefficient (Wildman–Crippen LogP) is 3.89. The highest BCUT2D eigenvalue weighted by atomic mass is 16.1. The predicted molar refractivity (Wildman–Crippen MR) is 125 cm³/mol. The van der Waals surface area contributed by atoms with Gasteiger partial charge in [-0.1, -0.05) is 25.0 Å². The number of aromatic nitrogens is 2. The van der Waals surface area contributed by atoms with E-state index in [1.54, 1.807) is 0 Å². The number of anilines is 3. The molecule has 2 fully saturated rings. The molecule has 2 saturated heterocycles. The maximum absolute atomic E-state index is 11.2. The van der Waals surface area contributed by atoms with E-state index in [4.69, 9.17) is 0 Å². The summed E-state index contributed by atoms with van der Waals surface area (Å²) in [6, 6.07) is 8.51. The molecule has 4 rings (SSSR count). The van der Waals surface area contributed by atoms with Gasteiger partial charge in [0.05, 0.1) is 12.4 Å². The molecular weight excluding hydrogens is 388 g/mol. The molecule has 7 heteroatoms. The van der Waals surface area contributed by atoms with Crippen molar-refractivity contribution in [3.8, 4) is 0 Å². The monoisotopic (exact) mass is 422 g/mol. The van der Waals surface area contributed by atoms with E-state index in [1.807, 2.05) is 24.5 Å². The van der Waals surface area contributed by atoms with Gasteiger partial charge in [0.1, 0.15) is 11.6 Å². The second-order valence-corrected chi connectivity index (χ2v) is 8.76. The lowest BCUT2D eigenvalue weighted by Gasteiger charge is -2.33. The Kier molecular flexibility index (Phi) is 7.35. The first-order valence-corrected chi connectivity index (χ1v) is 11.6. The minimum atomic E-state index is -0.0414. The van der Waals surface area contributed by atoms with Crippen molar-refractivity contribution in [2.45, 2.75) is 58.0 Å². The Morgan fingerprint density at radius 1 is 1.00 bits per heavy atom. The fourth-order valence-electron chi connectivity index (χ4n) is 4.54. The van der Waals surface area contributed by atoms with Crippen LogP contribution in [0.1, 0.15) is 51.0 Å². The van der Waals surface area contributed by atoms with E-state index in [-0.39, 0.29) is 5.91 Å². The van der Waals surface area contributed by atoms with Gasteiger partial charge in [0, 0.05) is 44.8 Å². The Morgan fingerprint density at radius 2 is 1.77 bits per heavy atom. The fourth-order valence-corrected chi connectivity index (χ4v) is 4.54. The van der Waals surface area contributed by atoms with Crippen molar-refractivity contribution in [3.63, 3.8) is 0 Å². The molecule has 0 spiro atoms. The summed E-state index contributed by atoms with van der Waals surface area (Å²) in [6.45, 7) is 6.71. The van der Waals surface area contributed by atoms with Crippen LogP contribution in [0.2, 0.25) is 0 Å². The lowest BCUT2D eigenvalue weighted by Crippen LogP contribution is -2.41. The molecule has 2 aromatic rings. The first-order valence-electron chi connectivity index (χ1n) is 11.6. The van der Waals surface area contributed by atoms with Crippen LogP contribution in [-0.4, -0.2) is 53.0 Å². The Morgan fingerprint density at radius 3 is 2.45 bits per heavy atom. The third-order valence-electron chi connectivity index (χ3n) is 6.11. The number of nitrogens with zero attached hydrogens (tertiary/aromatic N) is 4. The van der Waals surface area contributed by atoms with Gasteiger partial charge >= 0.3 is 0 Å². The van der Waals surface area contributed by atoms with Crippen LogP contribution in [0.3, 0.4) is 0 Å². The third-order valence-corrected chi connectivity index (χ3v) is 6.11. The zero-order valence-electron chi connectivity index (χ0n) is 18.5. The summed E-state index contributed by atoms with van der Waals surface area (Å²) < 4.78 is 0. The molecule has 1 aromatic carbocycles.